The van der Waals surface area contributed by atoms with E-state index in [1.54, 1.807) is 0 Å². The third-order valence-corrected chi connectivity index (χ3v) is 5.53. The van der Waals surface area contributed by atoms with Gasteiger partial charge in [0.1, 0.15) is 0 Å². The first-order valence-electron chi connectivity index (χ1n) is 8.73. The molecule has 0 bridgehead atoms. The molecule has 0 spiro atoms. The molecule has 3 heteroatoms. The molecule has 0 fully saturated rings. The fourth-order valence-electron chi connectivity index (χ4n) is 3.74. The molecule has 3 rings (SSSR count). The molecule has 0 saturated heterocycles. The van der Waals surface area contributed by atoms with Gasteiger partial charge in [0.25, 0.3) is 0 Å². The monoisotopic (exact) mass is 387 g/mol. The van der Waals surface area contributed by atoms with Gasteiger partial charge in [-0.3, -0.25) is 0 Å². The van der Waals surface area contributed by atoms with E-state index in [0.29, 0.717) is 0 Å². The van der Waals surface area contributed by atoms with Crippen molar-refractivity contribution in [2.24, 2.45) is 5.41 Å². The van der Waals surface area contributed by atoms with E-state index in [4.69, 9.17) is 4.74 Å². The summed E-state index contributed by atoms with van der Waals surface area (Å²) >= 11 is 3.60. The minimum absolute atomic E-state index is 0.0594. The molecule has 0 aromatic heterocycles. The molecule has 24 heavy (non-hydrogen) atoms. The first-order chi connectivity index (χ1) is 11.5. The summed E-state index contributed by atoms with van der Waals surface area (Å²) in [6.45, 7) is 9.59. The van der Waals surface area contributed by atoms with Gasteiger partial charge in [0.2, 0.25) is 0 Å². The van der Waals surface area contributed by atoms with Crippen LogP contribution in [0.25, 0.3) is 0 Å². The predicted octanol–water partition coefficient (Wildman–Crippen LogP) is 6.28. The fraction of sp³-hybridized carbons (Fsp3) is 0.429. The molecule has 1 heterocycles. The van der Waals surface area contributed by atoms with Crippen LogP contribution in [0.4, 0.5) is 5.69 Å². The highest BCUT2D eigenvalue weighted by atomic mass is 79.9. The van der Waals surface area contributed by atoms with Crippen LogP contribution in [0.5, 0.6) is 0 Å². The van der Waals surface area contributed by atoms with Crippen molar-refractivity contribution in [2.75, 3.05) is 11.9 Å². The second-order valence-electron chi connectivity index (χ2n) is 7.06. The number of benzene rings is 2. The van der Waals surface area contributed by atoms with Crippen molar-refractivity contribution in [2.45, 2.75) is 46.3 Å². The third kappa shape index (κ3) is 3.12. The van der Waals surface area contributed by atoms with Gasteiger partial charge in [-0.05, 0) is 42.7 Å². The molecule has 0 amide bonds. The second-order valence-corrected chi connectivity index (χ2v) is 7.98. The number of rotatable bonds is 4. The van der Waals surface area contributed by atoms with E-state index in [2.05, 4.69) is 91.4 Å². The van der Waals surface area contributed by atoms with E-state index in [-0.39, 0.29) is 17.6 Å². The van der Waals surface area contributed by atoms with Gasteiger partial charge in [0.05, 0.1) is 12.1 Å². The summed E-state index contributed by atoms with van der Waals surface area (Å²) in [7, 11) is 0. The molecular formula is C21H26BrNO. The lowest BCUT2D eigenvalue weighted by Crippen LogP contribution is -2.40. The highest BCUT2D eigenvalue weighted by molar-refractivity contribution is 9.10. The topological polar surface area (TPSA) is 21.3 Å². The molecule has 2 nitrogen and oxygen atoms in total. The number of fused-ring (bicyclic) bond motifs is 1. The fourth-order valence-corrected chi connectivity index (χ4v) is 4.16. The molecule has 0 unspecified atom stereocenters. The number of nitrogens with one attached hydrogen (secondary N) is 1. The Hall–Kier alpha value is -1.32. The molecule has 0 aliphatic carbocycles. The van der Waals surface area contributed by atoms with E-state index in [1.165, 1.54) is 22.4 Å². The maximum absolute atomic E-state index is 6.25. The quantitative estimate of drug-likeness (QED) is 0.665. The standard InChI is InChI=1S/C21H26BrNO/c1-5-14-10-11-18-17(12-14)20(24-6-2)21(3,4)19(23-18)15-8-7-9-16(22)13-15/h7-13,19-20,23H,5-6H2,1-4H3/t19-,20-/m1/s1. The molecule has 2 atom stereocenters. The zero-order valence-electron chi connectivity index (χ0n) is 14.9. The summed E-state index contributed by atoms with van der Waals surface area (Å²) in [5, 5.41) is 3.77. The minimum atomic E-state index is -0.0594. The van der Waals surface area contributed by atoms with Gasteiger partial charge in [0.15, 0.2) is 0 Å². The summed E-state index contributed by atoms with van der Waals surface area (Å²) in [4.78, 5) is 0. The van der Waals surface area contributed by atoms with E-state index >= 15 is 0 Å². The van der Waals surface area contributed by atoms with Crippen molar-refractivity contribution >= 4 is 21.6 Å². The van der Waals surface area contributed by atoms with E-state index < -0.39 is 0 Å². The third-order valence-electron chi connectivity index (χ3n) is 5.04. The normalized spacial score (nSPS) is 21.9. The molecule has 1 N–H and O–H groups in total. The Kier molecular flexibility index (Phi) is 5.03. The van der Waals surface area contributed by atoms with Crippen LogP contribution in [0.1, 0.15) is 56.5 Å². The Morgan fingerprint density at radius 3 is 2.58 bits per heavy atom. The van der Waals surface area contributed by atoms with E-state index in [0.717, 1.165) is 17.5 Å². The lowest BCUT2D eigenvalue weighted by atomic mass is 9.70. The smallest absolute Gasteiger partial charge is 0.0918 e. The van der Waals surface area contributed by atoms with Crippen LogP contribution in [0.3, 0.4) is 0 Å². The van der Waals surface area contributed by atoms with Crippen LogP contribution >= 0.6 is 15.9 Å². The van der Waals surface area contributed by atoms with Gasteiger partial charge < -0.3 is 10.1 Å². The molecule has 128 valence electrons. The first-order valence-corrected chi connectivity index (χ1v) is 9.53. The van der Waals surface area contributed by atoms with Crippen LogP contribution in [0, 0.1) is 5.41 Å². The number of hydrogen-bond acceptors (Lipinski definition) is 2. The molecule has 2 aromatic rings. The van der Waals surface area contributed by atoms with E-state index in [1.807, 2.05) is 0 Å². The average Bonchev–Trinajstić information content (AvgIpc) is 2.56. The van der Waals surface area contributed by atoms with Gasteiger partial charge in [-0.15, -0.1) is 0 Å². The molecule has 0 radical (unpaired) electrons. The van der Waals surface area contributed by atoms with Crippen molar-refractivity contribution in [3.63, 3.8) is 0 Å². The summed E-state index contributed by atoms with van der Waals surface area (Å²) in [6.07, 6.45) is 1.12. The Morgan fingerprint density at radius 1 is 1.12 bits per heavy atom. The highest BCUT2D eigenvalue weighted by Crippen LogP contribution is 2.53. The Balaban J connectivity index is 2.10. The average molecular weight is 388 g/mol. The number of ether oxygens (including phenoxy) is 1. The molecule has 1 aliphatic rings. The Bertz CT molecular complexity index is 726. The number of aryl methyl sites for hydroxylation is 1. The van der Waals surface area contributed by atoms with E-state index in [9.17, 15) is 0 Å². The van der Waals surface area contributed by atoms with Gasteiger partial charge in [-0.2, -0.15) is 0 Å². The molecule has 2 aromatic carbocycles. The molecule has 0 saturated carbocycles. The highest BCUT2D eigenvalue weighted by Gasteiger charge is 2.44. The molecular weight excluding hydrogens is 362 g/mol. The van der Waals surface area contributed by atoms with Gasteiger partial charge in [-0.25, -0.2) is 0 Å². The lowest BCUT2D eigenvalue weighted by Gasteiger charge is -2.47. The summed E-state index contributed by atoms with van der Waals surface area (Å²) in [5.41, 5.74) is 5.06. The van der Waals surface area contributed by atoms with Gasteiger partial charge >= 0.3 is 0 Å². The minimum Gasteiger partial charge on any atom is -0.377 e. The second kappa shape index (κ2) is 6.89. The summed E-state index contributed by atoms with van der Waals surface area (Å²) in [6, 6.07) is 15.5. The maximum atomic E-state index is 6.25. The Labute approximate surface area is 153 Å². The van der Waals surface area contributed by atoms with Crippen molar-refractivity contribution in [3.05, 3.63) is 63.6 Å². The number of anilines is 1. The van der Waals surface area contributed by atoms with Gasteiger partial charge in [0, 0.05) is 27.7 Å². The molecule has 1 aliphatic heterocycles. The van der Waals surface area contributed by atoms with Gasteiger partial charge in [-0.1, -0.05) is 61.0 Å². The largest absolute Gasteiger partial charge is 0.377 e. The van der Waals surface area contributed by atoms with Crippen molar-refractivity contribution in [3.8, 4) is 0 Å². The zero-order chi connectivity index (χ0) is 17.3. The SMILES string of the molecule is CCO[C@@H]1c2cc(CC)ccc2N[C@H](c2cccc(Br)c2)C1(C)C. The van der Waals surface area contributed by atoms with Crippen molar-refractivity contribution < 1.29 is 4.74 Å². The maximum Gasteiger partial charge on any atom is 0.0918 e. The number of hydrogen-bond donors (Lipinski definition) is 1. The number of halogens is 1. The van der Waals surface area contributed by atoms with Crippen LogP contribution in [0.2, 0.25) is 0 Å². The van der Waals surface area contributed by atoms with Crippen molar-refractivity contribution in [1.82, 2.24) is 0 Å². The van der Waals surface area contributed by atoms with Crippen LogP contribution in [0.15, 0.2) is 46.9 Å². The Morgan fingerprint density at radius 2 is 1.92 bits per heavy atom. The summed E-state index contributed by atoms with van der Waals surface area (Å²) in [5.74, 6) is 0. The zero-order valence-corrected chi connectivity index (χ0v) is 16.5. The lowest BCUT2D eigenvalue weighted by molar-refractivity contribution is -0.0354. The first kappa shape index (κ1) is 17.5. The predicted molar refractivity (Wildman–Crippen MR) is 104 cm³/mol. The van der Waals surface area contributed by atoms with Crippen molar-refractivity contribution in [1.29, 1.82) is 0 Å². The van der Waals surface area contributed by atoms with Crippen LogP contribution in [-0.2, 0) is 11.2 Å². The summed E-state index contributed by atoms with van der Waals surface area (Å²) < 4.78 is 7.36. The van der Waals surface area contributed by atoms with Crippen LogP contribution in [-0.4, -0.2) is 6.61 Å². The van der Waals surface area contributed by atoms with Crippen LogP contribution < -0.4 is 5.32 Å².